The third-order valence-electron chi connectivity index (χ3n) is 4.64. The summed E-state index contributed by atoms with van der Waals surface area (Å²) >= 11 is 0. The average molecular weight is 488 g/mol. The molecule has 0 saturated heterocycles. The Hall–Kier alpha value is -2.04. The molecule has 0 spiro atoms. The molecular weight excluding hydrogens is 466 g/mol. The summed E-state index contributed by atoms with van der Waals surface area (Å²) in [5.74, 6) is 0. The van der Waals surface area contributed by atoms with E-state index < -0.39 is 7.14 Å². The molecule has 138 valence electrons. The number of halogens is 1. The lowest BCUT2D eigenvalue weighted by atomic mass is 10.3. The predicted molar refractivity (Wildman–Crippen MR) is 125 cm³/mol. The number of nitrogens with zero attached hydrogens (tertiary/aromatic N) is 2. The SMILES string of the molecule is CN1C=CN(c2cccc(P(=O)(c3ccccc3)c3ccccc3)c2)C1.I. The highest BCUT2D eigenvalue weighted by molar-refractivity contribution is 14.0. The smallest absolute Gasteiger partial charge is 0.171 e. The van der Waals surface area contributed by atoms with Gasteiger partial charge in [-0.25, -0.2) is 0 Å². The molecule has 4 rings (SSSR count). The Bertz CT molecular complexity index is 932. The van der Waals surface area contributed by atoms with Gasteiger partial charge in [0.15, 0.2) is 7.14 Å². The molecule has 1 aliphatic rings. The maximum absolute atomic E-state index is 14.4. The van der Waals surface area contributed by atoms with Crippen LogP contribution < -0.4 is 20.8 Å². The first-order chi connectivity index (χ1) is 12.7. The molecule has 3 aromatic carbocycles. The Kier molecular flexibility index (Phi) is 6.08. The van der Waals surface area contributed by atoms with Crippen molar-refractivity contribution in [2.24, 2.45) is 0 Å². The van der Waals surface area contributed by atoms with Crippen LogP contribution in [0, 0.1) is 0 Å². The van der Waals surface area contributed by atoms with Crippen LogP contribution >= 0.6 is 31.1 Å². The summed E-state index contributed by atoms with van der Waals surface area (Å²) in [6.45, 7) is 0.796. The van der Waals surface area contributed by atoms with Crippen molar-refractivity contribution in [2.75, 3.05) is 18.6 Å². The lowest BCUT2D eigenvalue weighted by Gasteiger charge is -2.23. The van der Waals surface area contributed by atoms with Gasteiger partial charge in [-0.3, -0.25) is 0 Å². The molecule has 1 aliphatic heterocycles. The highest BCUT2D eigenvalue weighted by Gasteiger charge is 2.30. The minimum absolute atomic E-state index is 0. The fourth-order valence-corrected chi connectivity index (χ4v) is 5.98. The van der Waals surface area contributed by atoms with E-state index in [1.807, 2.05) is 86.0 Å². The Morgan fingerprint density at radius 2 is 1.30 bits per heavy atom. The van der Waals surface area contributed by atoms with E-state index >= 15 is 0 Å². The van der Waals surface area contributed by atoms with E-state index in [-0.39, 0.29) is 24.0 Å². The van der Waals surface area contributed by atoms with Crippen molar-refractivity contribution in [3.05, 3.63) is 97.3 Å². The van der Waals surface area contributed by atoms with Gasteiger partial charge in [0.1, 0.15) is 0 Å². The Labute approximate surface area is 177 Å². The second-order valence-electron chi connectivity index (χ2n) is 6.47. The van der Waals surface area contributed by atoms with Crippen LogP contribution in [-0.4, -0.2) is 18.6 Å². The summed E-state index contributed by atoms with van der Waals surface area (Å²) in [5, 5.41) is 2.57. The molecule has 0 aliphatic carbocycles. The predicted octanol–water partition coefficient (Wildman–Crippen LogP) is 4.12. The van der Waals surface area contributed by atoms with Crippen molar-refractivity contribution in [3.8, 4) is 0 Å². The van der Waals surface area contributed by atoms with Crippen LogP contribution in [0.25, 0.3) is 0 Å². The lowest BCUT2D eigenvalue weighted by molar-refractivity contribution is 0.496. The van der Waals surface area contributed by atoms with Gasteiger partial charge in [-0.2, -0.15) is 0 Å². The number of rotatable bonds is 4. The first-order valence-corrected chi connectivity index (χ1v) is 10.4. The molecule has 0 amide bonds. The first kappa shape index (κ1) is 19.7. The van der Waals surface area contributed by atoms with E-state index in [0.717, 1.165) is 28.3 Å². The fourth-order valence-electron chi connectivity index (χ4n) is 3.29. The van der Waals surface area contributed by atoms with Gasteiger partial charge in [-0.15, -0.1) is 24.0 Å². The molecule has 0 N–H and O–H groups in total. The third-order valence-corrected chi connectivity index (χ3v) is 7.70. The van der Waals surface area contributed by atoms with Crippen LogP contribution in [0.5, 0.6) is 0 Å². The van der Waals surface area contributed by atoms with E-state index in [0.29, 0.717) is 0 Å². The molecule has 27 heavy (non-hydrogen) atoms. The molecule has 0 saturated carbocycles. The molecule has 0 fully saturated rings. The number of hydrogen-bond acceptors (Lipinski definition) is 3. The van der Waals surface area contributed by atoms with Crippen LogP contribution in [-0.2, 0) is 4.57 Å². The van der Waals surface area contributed by atoms with Crippen molar-refractivity contribution >= 4 is 52.7 Å². The zero-order valence-corrected chi connectivity index (χ0v) is 18.3. The lowest BCUT2D eigenvalue weighted by Crippen LogP contribution is -2.26. The minimum Gasteiger partial charge on any atom is -0.361 e. The Morgan fingerprint density at radius 3 is 1.81 bits per heavy atom. The first-order valence-electron chi connectivity index (χ1n) is 8.65. The second-order valence-corrected chi connectivity index (χ2v) is 9.23. The summed E-state index contributed by atoms with van der Waals surface area (Å²) < 4.78 is 14.4. The summed E-state index contributed by atoms with van der Waals surface area (Å²) in [7, 11) is -0.882. The highest BCUT2D eigenvalue weighted by Crippen LogP contribution is 2.42. The molecule has 0 radical (unpaired) electrons. The van der Waals surface area contributed by atoms with Gasteiger partial charge in [0.25, 0.3) is 0 Å². The topological polar surface area (TPSA) is 23.6 Å². The van der Waals surface area contributed by atoms with Gasteiger partial charge in [-0.05, 0) is 12.1 Å². The quantitative estimate of drug-likeness (QED) is 0.408. The zero-order chi connectivity index (χ0) is 18.0. The van der Waals surface area contributed by atoms with Crippen molar-refractivity contribution in [1.29, 1.82) is 0 Å². The average Bonchev–Trinajstić information content (AvgIpc) is 3.15. The van der Waals surface area contributed by atoms with Crippen LogP contribution in [0.2, 0.25) is 0 Å². The summed E-state index contributed by atoms with van der Waals surface area (Å²) in [6, 6.07) is 27.7. The molecule has 5 heteroatoms. The Balaban J connectivity index is 0.00000210. The largest absolute Gasteiger partial charge is 0.361 e. The van der Waals surface area contributed by atoms with Gasteiger partial charge in [0, 0.05) is 41.0 Å². The second kappa shape index (κ2) is 8.32. The molecule has 0 unspecified atom stereocenters. The van der Waals surface area contributed by atoms with Gasteiger partial charge < -0.3 is 14.4 Å². The van der Waals surface area contributed by atoms with E-state index in [2.05, 4.69) is 28.1 Å². The van der Waals surface area contributed by atoms with Crippen LogP contribution in [0.3, 0.4) is 0 Å². The number of anilines is 1. The maximum atomic E-state index is 14.4. The van der Waals surface area contributed by atoms with Crippen molar-refractivity contribution < 1.29 is 4.57 Å². The van der Waals surface area contributed by atoms with Crippen LogP contribution in [0.4, 0.5) is 5.69 Å². The van der Waals surface area contributed by atoms with E-state index in [1.165, 1.54) is 0 Å². The van der Waals surface area contributed by atoms with Crippen molar-refractivity contribution in [1.82, 2.24) is 4.90 Å². The van der Waals surface area contributed by atoms with Gasteiger partial charge in [0.2, 0.25) is 0 Å². The highest BCUT2D eigenvalue weighted by atomic mass is 127. The summed E-state index contributed by atoms with van der Waals surface area (Å²) in [6.07, 6.45) is 4.09. The van der Waals surface area contributed by atoms with E-state index in [4.69, 9.17) is 0 Å². The maximum Gasteiger partial charge on any atom is 0.171 e. The van der Waals surface area contributed by atoms with E-state index in [9.17, 15) is 4.57 Å². The minimum atomic E-state index is -2.92. The molecule has 0 atom stereocenters. The van der Waals surface area contributed by atoms with Crippen molar-refractivity contribution in [2.45, 2.75) is 0 Å². The standard InChI is InChI=1S/C22H21N2OP.HI/c1-23-15-16-24(18-23)19-9-8-14-22(17-19)26(25,20-10-4-2-5-11-20)21-12-6-3-7-13-21;/h2-17H,18H2,1H3;1H. The summed E-state index contributed by atoms with van der Waals surface area (Å²) in [4.78, 5) is 4.27. The number of hydrogen-bond donors (Lipinski definition) is 0. The Morgan fingerprint density at radius 1 is 0.741 bits per heavy atom. The number of benzene rings is 3. The van der Waals surface area contributed by atoms with Crippen LogP contribution in [0.15, 0.2) is 97.3 Å². The van der Waals surface area contributed by atoms with Crippen molar-refractivity contribution in [3.63, 3.8) is 0 Å². The molecule has 3 nitrogen and oxygen atoms in total. The fraction of sp³-hybridized carbons (Fsp3) is 0.0909. The molecular formula is C22H22IN2OP. The summed E-state index contributed by atoms with van der Waals surface area (Å²) in [5.41, 5.74) is 1.05. The molecule has 0 aromatic heterocycles. The van der Waals surface area contributed by atoms with Crippen LogP contribution in [0.1, 0.15) is 0 Å². The van der Waals surface area contributed by atoms with E-state index in [1.54, 1.807) is 0 Å². The molecule has 3 aromatic rings. The third kappa shape index (κ3) is 3.83. The molecule has 1 heterocycles. The zero-order valence-electron chi connectivity index (χ0n) is 15.1. The normalized spacial score (nSPS) is 13.5. The molecule has 0 bridgehead atoms. The van der Waals surface area contributed by atoms with Gasteiger partial charge in [0.05, 0.1) is 6.67 Å². The van der Waals surface area contributed by atoms with Gasteiger partial charge in [-0.1, -0.05) is 72.8 Å². The van der Waals surface area contributed by atoms with Gasteiger partial charge >= 0.3 is 0 Å². The monoisotopic (exact) mass is 488 g/mol.